The number of rotatable bonds is 6. The summed E-state index contributed by atoms with van der Waals surface area (Å²) in [6.07, 6.45) is 2.90. The molecular formula is C23H18N4O3S. The molecule has 0 fully saturated rings. The lowest BCUT2D eigenvalue weighted by Gasteiger charge is -2.10. The molecule has 0 saturated heterocycles. The quantitative estimate of drug-likeness (QED) is 0.477. The van der Waals surface area contributed by atoms with E-state index in [9.17, 15) is 13.2 Å². The van der Waals surface area contributed by atoms with Crippen molar-refractivity contribution in [2.75, 3.05) is 10.0 Å². The lowest BCUT2D eigenvalue weighted by Crippen LogP contribution is -2.15. The van der Waals surface area contributed by atoms with Crippen LogP contribution < -0.4 is 10.0 Å². The van der Waals surface area contributed by atoms with Gasteiger partial charge in [0.05, 0.1) is 16.1 Å². The summed E-state index contributed by atoms with van der Waals surface area (Å²) in [5, 5.41) is 2.73. The molecule has 8 heteroatoms. The Balaban J connectivity index is 1.47. The van der Waals surface area contributed by atoms with Gasteiger partial charge in [0.2, 0.25) is 0 Å². The predicted octanol–water partition coefficient (Wildman–Crippen LogP) is 4.20. The third-order valence-electron chi connectivity index (χ3n) is 4.37. The van der Waals surface area contributed by atoms with Crippen LogP contribution in [0.3, 0.4) is 0 Å². The van der Waals surface area contributed by atoms with Crippen LogP contribution in [0.15, 0.2) is 102 Å². The molecule has 0 unspecified atom stereocenters. The summed E-state index contributed by atoms with van der Waals surface area (Å²) in [6.45, 7) is 0. The van der Waals surface area contributed by atoms with Crippen molar-refractivity contribution in [3.05, 3.63) is 103 Å². The number of benzene rings is 3. The molecular weight excluding hydrogens is 412 g/mol. The lowest BCUT2D eigenvalue weighted by atomic mass is 10.2. The van der Waals surface area contributed by atoms with Crippen molar-refractivity contribution in [3.63, 3.8) is 0 Å². The summed E-state index contributed by atoms with van der Waals surface area (Å²) in [5.74, 6) is 0.122. The van der Waals surface area contributed by atoms with Gasteiger partial charge in [0.1, 0.15) is 0 Å². The number of amides is 1. The van der Waals surface area contributed by atoms with Gasteiger partial charge in [0.15, 0.2) is 5.82 Å². The maximum Gasteiger partial charge on any atom is 0.261 e. The zero-order valence-electron chi connectivity index (χ0n) is 16.3. The maximum absolute atomic E-state index is 12.6. The third kappa shape index (κ3) is 4.93. The molecule has 0 radical (unpaired) electrons. The molecule has 0 aliphatic heterocycles. The van der Waals surface area contributed by atoms with Gasteiger partial charge in [-0.2, -0.15) is 0 Å². The van der Waals surface area contributed by atoms with Crippen LogP contribution in [-0.2, 0) is 10.0 Å². The van der Waals surface area contributed by atoms with E-state index < -0.39 is 15.9 Å². The van der Waals surface area contributed by atoms with Crippen molar-refractivity contribution < 1.29 is 13.2 Å². The van der Waals surface area contributed by atoms with Crippen LogP contribution in [0.4, 0.5) is 11.4 Å². The molecule has 2 N–H and O–H groups in total. The topological polar surface area (TPSA) is 101 Å². The van der Waals surface area contributed by atoms with E-state index >= 15 is 0 Å². The number of nitrogens with one attached hydrogen (secondary N) is 2. The summed E-state index contributed by atoms with van der Waals surface area (Å²) in [5.41, 5.74) is 1.91. The molecule has 1 heterocycles. The molecule has 0 aliphatic carbocycles. The molecule has 0 aliphatic rings. The van der Waals surface area contributed by atoms with Crippen molar-refractivity contribution in [2.45, 2.75) is 4.90 Å². The molecule has 4 rings (SSSR count). The minimum Gasteiger partial charge on any atom is -0.322 e. The third-order valence-corrected chi connectivity index (χ3v) is 5.77. The van der Waals surface area contributed by atoms with Crippen LogP contribution in [0, 0.1) is 0 Å². The number of anilines is 2. The number of hydrogen-bond donors (Lipinski definition) is 2. The first-order valence-electron chi connectivity index (χ1n) is 9.38. The van der Waals surface area contributed by atoms with Gasteiger partial charge in [-0.15, -0.1) is 0 Å². The molecule has 1 amide bonds. The SMILES string of the molecule is O=C(Nc1cccc(NS(=O)(=O)c2ccccc2)c1)c1cnc(-c2ccccc2)nc1. The minimum absolute atomic E-state index is 0.153. The zero-order valence-corrected chi connectivity index (χ0v) is 17.1. The van der Waals surface area contributed by atoms with Crippen LogP contribution >= 0.6 is 0 Å². The summed E-state index contributed by atoms with van der Waals surface area (Å²) < 4.78 is 27.5. The largest absolute Gasteiger partial charge is 0.322 e. The number of carbonyl (C=O) groups excluding carboxylic acids is 1. The van der Waals surface area contributed by atoms with E-state index in [2.05, 4.69) is 20.0 Å². The van der Waals surface area contributed by atoms with Crippen LogP contribution in [-0.4, -0.2) is 24.3 Å². The number of aromatic nitrogens is 2. The first-order chi connectivity index (χ1) is 15.0. The standard InChI is InChI=1S/C23H18N4O3S/c28-23(18-15-24-22(25-16-18)17-8-3-1-4-9-17)26-19-10-7-11-20(14-19)27-31(29,30)21-12-5-2-6-13-21/h1-16,27H,(H,26,28). The van der Waals surface area contributed by atoms with Gasteiger partial charge < -0.3 is 5.32 Å². The second kappa shape index (κ2) is 8.76. The van der Waals surface area contributed by atoms with Crippen LogP contribution in [0.5, 0.6) is 0 Å². The molecule has 4 aromatic rings. The van der Waals surface area contributed by atoms with E-state index in [1.165, 1.54) is 30.6 Å². The molecule has 3 aromatic carbocycles. The Morgan fingerprint density at radius 3 is 2.03 bits per heavy atom. The second-order valence-electron chi connectivity index (χ2n) is 6.61. The van der Waals surface area contributed by atoms with Crippen LogP contribution in [0.2, 0.25) is 0 Å². The van der Waals surface area contributed by atoms with Crippen molar-refractivity contribution in [1.29, 1.82) is 0 Å². The molecule has 1 aromatic heterocycles. The van der Waals surface area contributed by atoms with Gasteiger partial charge in [-0.05, 0) is 30.3 Å². The zero-order chi connectivity index (χ0) is 21.7. The molecule has 0 spiro atoms. The molecule has 31 heavy (non-hydrogen) atoms. The highest BCUT2D eigenvalue weighted by Crippen LogP contribution is 2.20. The summed E-state index contributed by atoms with van der Waals surface area (Å²) >= 11 is 0. The lowest BCUT2D eigenvalue weighted by molar-refractivity contribution is 0.102. The van der Waals surface area contributed by atoms with Gasteiger partial charge in [-0.25, -0.2) is 18.4 Å². The van der Waals surface area contributed by atoms with Gasteiger partial charge in [0, 0.05) is 23.6 Å². The van der Waals surface area contributed by atoms with Crippen molar-refractivity contribution in [2.24, 2.45) is 0 Å². The maximum atomic E-state index is 12.6. The minimum atomic E-state index is -3.72. The average molecular weight is 430 g/mol. The highest BCUT2D eigenvalue weighted by molar-refractivity contribution is 7.92. The first kappa shape index (κ1) is 20.2. The van der Waals surface area contributed by atoms with Gasteiger partial charge in [0.25, 0.3) is 15.9 Å². The Labute approximate surface area is 179 Å². The van der Waals surface area contributed by atoms with Gasteiger partial charge in [-0.1, -0.05) is 54.6 Å². The molecule has 0 bridgehead atoms. The van der Waals surface area contributed by atoms with Gasteiger partial charge >= 0.3 is 0 Å². The van der Waals surface area contributed by atoms with E-state index in [4.69, 9.17) is 0 Å². The smallest absolute Gasteiger partial charge is 0.261 e. The first-order valence-corrected chi connectivity index (χ1v) is 10.9. The van der Waals surface area contributed by atoms with Crippen molar-refractivity contribution >= 4 is 27.3 Å². The van der Waals surface area contributed by atoms with Crippen LogP contribution in [0.25, 0.3) is 11.4 Å². The van der Waals surface area contributed by atoms with E-state index in [-0.39, 0.29) is 10.5 Å². The Kier molecular flexibility index (Phi) is 5.72. The summed E-state index contributed by atoms with van der Waals surface area (Å²) in [6, 6.07) is 24.0. The predicted molar refractivity (Wildman–Crippen MR) is 119 cm³/mol. The Bertz CT molecular complexity index is 1290. The number of nitrogens with zero attached hydrogens (tertiary/aromatic N) is 2. The Hall–Kier alpha value is -4.04. The fraction of sp³-hybridized carbons (Fsp3) is 0. The second-order valence-corrected chi connectivity index (χ2v) is 8.30. The monoisotopic (exact) mass is 430 g/mol. The number of carbonyl (C=O) groups is 1. The highest BCUT2D eigenvalue weighted by atomic mass is 32.2. The van der Waals surface area contributed by atoms with Crippen LogP contribution in [0.1, 0.15) is 10.4 Å². The Morgan fingerprint density at radius 1 is 0.742 bits per heavy atom. The van der Waals surface area contributed by atoms with E-state index in [1.54, 1.807) is 36.4 Å². The number of sulfonamides is 1. The number of hydrogen-bond acceptors (Lipinski definition) is 5. The average Bonchev–Trinajstić information content (AvgIpc) is 2.80. The summed E-state index contributed by atoms with van der Waals surface area (Å²) in [4.78, 5) is 21.2. The Morgan fingerprint density at radius 2 is 1.35 bits per heavy atom. The molecule has 0 atom stereocenters. The van der Waals surface area contributed by atoms with Gasteiger partial charge in [-0.3, -0.25) is 9.52 Å². The fourth-order valence-electron chi connectivity index (χ4n) is 2.86. The van der Waals surface area contributed by atoms with E-state index in [0.29, 0.717) is 17.2 Å². The normalized spacial score (nSPS) is 11.0. The molecule has 0 saturated carbocycles. The molecule has 7 nitrogen and oxygen atoms in total. The van der Waals surface area contributed by atoms with E-state index in [0.717, 1.165) is 5.56 Å². The molecule has 154 valence electrons. The fourth-order valence-corrected chi connectivity index (χ4v) is 3.93. The van der Waals surface area contributed by atoms with Crippen molar-refractivity contribution in [3.8, 4) is 11.4 Å². The van der Waals surface area contributed by atoms with E-state index in [1.807, 2.05) is 30.3 Å². The highest BCUT2D eigenvalue weighted by Gasteiger charge is 2.14. The summed E-state index contributed by atoms with van der Waals surface area (Å²) in [7, 11) is -3.72. The van der Waals surface area contributed by atoms with Crippen molar-refractivity contribution in [1.82, 2.24) is 9.97 Å².